The molecule has 0 aliphatic rings. The molecule has 0 spiro atoms. The van der Waals surface area contributed by atoms with Gasteiger partial charge in [0.2, 0.25) is 0 Å². The highest BCUT2D eigenvalue weighted by molar-refractivity contribution is 7.92. The fraction of sp³-hybridized carbons (Fsp3) is 0.571. The van der Waals surface area contributed by atoms with Crippen LogP contribution >= 0.6 is 0 Å². The molecule has 20 heavy (non-hydrogen) atoms. The zero-order valence-electron chi connectivity index (χ0n) is 12.4. The molecular formula is C14H23NO3S2. The molecular weight excluding hydrogens is 294 g/mol. The van der Waals surface area contributed by atoms with E-state index in [1.165, 1.54) is 11.8 Å². The van der Waals surface area contributed by atoms with Gasteiger partial charge in [0.05, 0.1) is 11.0 Å². The van der Waals surface area contributed by atoms with Gasteiger partial charge in [-0.1, -0.05) is 29.8 Å². The van der Waals surface area contributed by atoms with Gasteiger partial charge < -0.3 is 5.32 Å². The van der Waals surface area contributed by atoms with E-state index in [1.54, 1.807) is 0 Å². The summed E-state index contributed by atoms with van der Waals surface area (Å²) in [7, 11) is -2.43. The van der Waals surface area contributed by atoms with Crippen molar-refractivity contribution in [1.82, 2.24) is 5.32 Å². The molecule has 4 nitrogen and oxygen atoms in total. The van der Waals surface area contributed by atoms with Crippen LogP contribution in [0.1, 0.15) is 24.1 Å². The molecule has 0 saturated heterocycles. The molecule has 0 saturated carbocycles. The average Bonchev–Trinajstić information content (AvgIpc) is 2.38. The molecule has 0 heterocycles. The van der Waals surface area contributed by atoms with Crippen LogP contribution in [0.5, 0.6) is 0 Å². The van der Waals surface area contributed by atoms with Crippen LogP contribution in [0.2, 0.25) is 0 Å². The summed E-state index contributed by atoms with van der Waals surface area (Å²) >= 11 is 0. The number of benzene rings is 1. The first-order valence-electron chi connectivity index (χ1n) is 6.53. The van der Waals surface area contributed by atoms with Gasteiger partial charge in [-0.3, -0.25) is 4.21 Å². The summed E-state index contributed by atoms with van der Waals surface area (Å²) in [6.07, 6.45) is 1.17. The Balaban J connectivity index is 2.78. The molecule has 0 amide bonds. The van der Waals surface area contributed by atoms with Crippen LogP contribution < -0.4 is 5.32 Å². The van der Waals surface area contributed by atoms with Crippen molar-refractivity contribution < 1.29 is 12.6 Å². The number of nitrogens with one attached hydrogen (secondary N) is 1. The van der Waals surface area contributed by atoms with Crippen molar-refractivity contribution in [2.45, 2.75) is 25.1 Å². The van der Waals surface area contributed by atoms with Gasteiger partial charge in [0.25, 0.3) is 0 Å². The molecule has 114 valence electrons. The second-order valence-corrected chi connectivity index (χ2v) is 9.27. The summed E-state index contributed by atoms with van der Waals surface area (Å²) in [5.74, 6) is 0.151. The molecule has 1 N–H and O–H groups in total. The lowest BCUT2D eigenvalue weighted by Gasteiger charge is -2.23. The first kappa shape index (κ1) is 17.3. The van der Waals surface area contributed by atoms with Crippen LogP contribution in [0.25, 0.3) is 0 Å². The van der Waals surface area contributed by atoms with E-state index in [-0.39, 0.29) is 22.8 Å². The molecule has 0 aromatic heterocycles. The van der Waals surface area contributed by atoms with Crippen molar-refractivity contribution >= 4 is 20.6 Å². The SMILES string of the molecule is CNC(c1ccc(C)cc1)C(C)S(=O)CCS(C)(=O)=O. The molecule has 0 fully saturated rings. The summed E-state index contributed by atoms with van der Waals surface area (Å²) in [6.45, 7) is 3.91. The highest BCUT2D eigenvalue weighted by Crippen LogP contribution is 2.21. The maximum Gasteiger partial charge on any atom is 0.148 e. The molecule has 0 aliphatic heterocycles. The molecule has 3 unspecified atom stereocenters. The standard InChI is InChI=1S/C14H23NO3S2/c1-11-5-7-13(8-6-11)14(15-3)12(2)19(16)9-10-20(4,17)18/h5-8,12,14-15H,9-10H2,1-4H3. The van der Waals surface area contributed by atoms with E-state index in [2.05, 4.69) is 5.32 Å². The van der Waals surface area contributed by atoms with Crippen molar-refractivity contribution in [3.63, 3.8) is 0 Å². The molecule has 0 bridgehead atoms. The Bertz CT molecular complexity index is 552. The Hall–Kier alpha value is -0.720. The molecule has 0 aliphatic carbocycles. The molecule has 6 heteroatoms. The zero-order chi connectivity index (χ0) is 15.3. The number of sulfone groups is 1. The van der Waals surface area contributed by atoms with Crippen molar-refractivity contribution in [3.05, 3.63) is 35.4 Å². The second-order valence-electron chi connectivity index (χ2n) is 5.10. The number of aryl methyl sites for hydroxylation is 1. The van der Waals surface area contributed by atoms with Crippen LogP contribution in [-0.2, 0) is 20.6 Å². The van der Waals surface area contributed by atoms with Gasteiger partial charge in [-0.25, -0.2) is 8.42 Å². The third kappa shape index (κ3) is 5.34. The van der Waals surface area contributed by atoms with E-state index in [0.717, 1.165) is 5.56 Å². The highest BCUT2D eigenvalue weighted by Gasteiger charge is 2.23. The van der Waals surface area contributed by atoms with Gasteiger partial charge in [-0.05, 0) is 26.5 Å². The third-order valence-corrected chi connectivity index (χ3v) is 6.20. The van der Waals surface area contributed by atoms with E-state index in [0.29, 0.717) is 0 Å². The third-order valence-electron chi connectivity index (χ3n) is 3.29. The van der Waals surface area contributed by atoms with Crippen LogP contribution in [0, 0.1) is 6.92 Å². The van der Waals surface area contributed by atoms with Crippen molar-refractivity contribution in [2.75, 3.05) is 24.8 Å². The lowest BCUT2D eigenvalue weighted by Crippen LogP contribution is -2.32. The maximum atomic E-state index is 12.2. The van der Waals surface area contributed by atoms with Crippen LogP contribution in [0.3, 0.4) is 0 Å². The van der Waals surface area contributed by atoms with E-state index < -0.39 is 20.6 Å². The molecule has 3 atom stereocenters. The Kier molecular flexibility index (Phi) is 6.36. The van der Waals surface area contributed by atoms with Crippen molar-refractivity contribution in [1.29, 1.82) is 0 Å². The molecule has 0 radical (unpaired) electrons. The summed E-state index contributed by atoms with van der Waals surface area (Å²) in [6, 6.07) is 8.02. The predicted molar refractivity (Wildman–Crippen MR) is 85.2 cm³/mol. The average molecular weight is 317 g/mol. The normalized spacial score (nSPS) is 16.6. The summed E-state index contributed by atoms with van der Waals surface area (Å²) in [4.78, 5) is 0. The smallest absolute Gasteiger partial charge is 0.148 e. The van der Waals surface area contributed by atoms with E-state index in [4.69, 9.17) is 0 Å². The molecule has 1 rings (SSSR count). The fourth-order valence-electron chi connectivity index (χ4n) is 2.02. The van der Waals surface area contributed by atoms with Crippen molar-refractivity contribution in [2.24, 2.45) is 0 Å². The van der Waals surface area contributed by atoms with Crippen LogP contribution in [0.4, 0.5) is 0 Å². The number of hydrogen-bond acceptors (Lipinski definition) is 4. The predicted octanol–water partition coefficient (Wildman–Crippen LogP) is 1.44. The van der Waals surface area contributed by atoms with Crippen molar-refractivity contribution in [3.8, 4) is 0 Å². The minimum absolute atomic E-state index is 0.0334. The summed E-state index contributed by atoms with van der Waals surface area (Å²) in [5, 5.41) is 3.02. The Morgan fingerprint density at radius 2 is 1.80 bits per heavy atom. The van der Waals surface area contributed by atoms with Gasteiger partial charge in [-0.15, -0.1) is 0 Å². The zero-order valence-corrected chi connectivity index (χ0v) is 14.1. The fourth-order valence-corrected chi connectivity index (χ4v) is 4.85. The van der Waals surface area contributed by atoms with Gasteiger partial charge in [0, 0.05) is 28.9 Å². The lowest BCUT2D eigenvalue weighted by molar-refractivity contribution is 0.569. The van der Waals surface area contributed by atoms with Crippen LogP contribution in [-0.4, -0.2) is 42.7 Å². The van der Waals surface area contributed by atoms with Gasteiger partial charge in [0.1, 0.15) is 9.84 Å². The monoisotopic (exact) mass is 317 g/mol. The molecule has 1 aromatic carbocycles. The maximum absolute atomic E-state index is 12.2. The first-order valence-corrected chi connectivity index (χ1v) is 9.97. The summed E-state index contributed by atoms with van der Waals surface area (Å²) in [5.41, 5.74) is 2.24. The molecule has 1 aromatic rings. The number of rotatable bonds is 7. The van der Waals surface area contributed by atoms with E-state index in [9.17, 15) is 12.6 Å². The minimum Gasteiger partial charge on any atom is -0.312 e. The Morgan fingerprint density at radius 1 is 1.25 bits per heavy atom. The Morgan fingerprint density at radius 3 is 2.25 bits per heavy atom. The largest absolute Gasteiger partial charge is 0.312 e. The minimum atomic E-state index is -3.07. The van der Waals surface area contributed by atoms with Gasteiger partial charge in [0.15, 0.2) is 0 Å². The van der Waals surface area contributed by atoms with Crippen LogP contribution in [0.15, 0.2) is 24.3 Å². The number of hydrogen-bond donors (Lipinski definition) is 1. The topological polar surface area (TPSA) is 63.2 Å². The van der Waals surface area contributed by atoms with Gasteiger partial charge in [-0.2, -0.15) is 0 Å². The quantitative estimate of drug-likeness (QED) is 0.826. The first-order chi connectivity index (χ1) is 9.24. The highest BCUT2D eigenvalue weighted by atomic mass is 32.2. The van der Waals surface area contributed by atoms with E-state index in [1.807, 2.05) is 45.2 Å². The lowest BCUT2D eigenvalue weighted by atomic mass is 10.0. The summed E-state index contributed by atoms with van der Waals surface area (Å²) < 4.78 is 34.5. The van der Waals surface area contributed by atoms with Gasteiger partial charge >= 0.3 is 0 Å². The second kappa shape index (κ2) is 7.33. The Labute approximate surface area is 124 Å². The van der Waals surface area contributed by atoms with E-state index >= 15 is 0 Å².